The lowest BCUT2D eigenvalue weighted by Gasteiger charge is -2.26. The second-order valence-corrected chi connectivity index (χ2v) is 7.23. The van der Waals surface area contributed by atoms with Crippen LogP contribution in [-0.2, 0) is 19.1 Å². The standard InChI is InChI=1S/C20H27N5O7/c1-11(16(26)17(19(28)29)32-14-5-7-22-8-6-14)25-18(27)15-4-3-13(9-23-15)10-24-20(30)31-12(2)21/h3-4,9-12,14,17,22H,5-8,21H2,1-2H3,(H,25,27)(H,28,29). The van der Waals surface area contributed by atoms with Crippen LogP contribution >= 0.6 is 0 Å². The molecular formula is C20H27N5O7. The number of piperidine rings is 1. The van der Waals surface area contributed by atoms with Gasteiger partial charge in [0.25, 0.3) is 5.91 Å². The van der Waals surface area contributed by atoms with E-state index in [1.54, 1.807) is 0 Å². The molecule has 3 atom stereocenters. The maximum Gasteiger partial charge on any atom is 0.435 e. The van der Waals surface area contributed by atoms with Crippen molar-refractivity contribution in [3.8, 4) is 0 Å². The lowest BCUT2D eigenvalue weighted by Crippen LogP contribution is -2.49. The summed E-state index contributed by atoms with van der Waals surface area (Å²) in [5, 5.41) is 15.0. The van der Waals surface area contributed by atoms with Crippen molar-refractivity contribution in [1.29, 1.82) is 0 Å². The van der Waals surface area contributed by atoms with E-state index in [1.165, 1.54) is 38.4 Å². The number of carbonyl (C=O) groups is 4. The number of amides is 2. The number of ketones is 1. The molecule has 0 saturated carbocycles. The van der Waals surface area contributed by atoms with E-state index in [0.29, 0.717) is 31.5 Å². The maximum atomic E-state index is 12.6. The molecule has 0 bridgehead atoms. The molecule has 0 spiro atoms. The number of ether oxygens (including phenoxy) is 2. The smallest absolute Gasteiger partial charge is 0.435 e. The van der Waals surface area contributed by atoms with Crippen molar-refractivity contribution < 1.29 is 33.8 Å². The topological polar surface area (TPSA) is 182 Å². The highest BCUT2D eigenvalue weighted by Crippen LogP contribution is 2.12. The van der Waals surface area contributed by atoms with Gasteiger partial charge in [-0.1, -0.05) is 0 Å². The van der Waals surface area contributed by atoms with Gasteiger partial charge in [0, 0.05) is 18.0 Å². The number of carbonyl (C=O) groups excluding carboxylic acids is 3. The van der Waals surface area contributed by atoms with E-state index in [1.807, 2.05) is 0 Å². The zero-order valence-corrected chi connectivity index (χ0v) is 17.8. The second kappa shape index (κ2) is 12.0. The molecule has 1 aromatic heterocycles. The average Bonchev–Trinajstić information content (AvgIpc) is 2.76. The zero-order chi connectivity index (χ0) is 23.7. The first-order valence-corrected chi connectivity index (χ1v) is 10.1. The number of hydrogen-bond acceptors (Lipinski definition) is 9. The molecule has 1 fully saturated rings. The third-order valence-corrected chi connectivity index (χ3v) is 4.50. The molecule has 1 saturated heterocycles. The summed E-state index contributed by atoms with van der Waals surface area (Å²) in [4.78, 5) is 55.4. The quantitative estimate of drug-likeness (QED) is 0.225. The van der Waals surface area contributed by atoms with Crippen molar-refractivity contribution >= 4 is 30.0 Å². The van der Waals surface area contributed by atoms with Gasteiger partial charge in [0.2, 0.25) is 6.10 Å². The molecule has 0 aliphatic carbocycles. The number of Topliss-reactive ketones (excluding diaryl/α,β-unsaturated/α-hetero) is 1. The molecule has 1 aliphatic heterocycles. The summed E-state index contributed by atoms with van der Waals surface area (Å²) in [6.45, 7) is 4.22. The highest BCUT2D eigenvalue weighted by Gasteiger charge is 2.34. The third kappa shape index (κ3) is 7.80. The Bertz CT molecular complexity index is 850. The van der Waals surface area contributed by atoms with Crippen LogP contribution in [0.3, 0.4) is 0 Å². The van der Waals surface area contributed by atoms with E-state index >= 15 is 0 Å². The lowest BCUT2D eigenvalue weighted by molar-refractivity contribution is -0.162. The average molecular weight is 449 g/mol. The first-order chi connectivity index (χ1) is 15.2. The zero-order valence-electron chi connectivity index (χ0n) is 17.8. The summed E-state index contributed by atoms with van der Waals surface area (Å²) < 4.78 is 10.1. The minimum Gasteiger partial charge on any atom is -0.479 e. The number of aromatic nitrogens is 1. The fourth-order valence-corrected chi connectivity index (χ4v) is 2.87. The molecule has 0 radical (unpaired) electrons. The Morgan fingerprint density at radius 3 is 2.53 bits per heavy atom. The molecule has 2 rings (SSSR count). The van der Waals surface area contributed by atoms with E-state index in [9.17, 15) is 24.3 Å². The molecule has 3 unspecified atom stereocenters. The Hall–Kier alpha value is -3.22. The van der Waals surface area contributed by atoms with Crippen LogP contribution in [0.2, 0.25) is 0 Å². The van der Waals surface area contributed by atoms with Crippen LogP contribution in [0.5, 0.6) is 0 Å². The van der Waals surface area contributed by atoms with Crippen molar-refractivity contribution in [2.75, 3.05) is 13.1 Å². The van der Waals surface area contributed by atoms with Crippen molar-refractivity contribution in [3.63, 3.8) is 0 Å². The molecule has 2 heterocycles. The van der Waals surface area contributed by atoms with Gasteiger partial charge in [0.1, 0.15) is 11.9 Å². The van der Waals surface area contributed by atoms with Crippen molar-refractivity contribution in [2.45, 2.75) is 51.2 Å². The molecule has 32 heavy (non-hydrogen) atoms. The number of aliphatic imine (C=N–C) groups is 1. The van der Waals surface area contributed by atoms with Crippen LogP contribution in [-0.4, -0.2) is 77.6 Å². The summed E-state index contributed by atoms with van der Waals surface area (Å²) in [6, 6.07) is 1.74. The highest BCUT2D eigenvalue weighted by molar-refractivity contribution is 6.06. The summed E-state index contributed by atoms with van der Waals surface area (Å²) in [7, 11) is 0. The predicted octanol–water partition coefficient (Wildman–Crippen LogP) is -0.149. The molecule has 5 N–H and O–H groups in total. The van der Waals surface area contributed by atoms with E-state index in [2.05, 4.69) is 25.3 Å². The van der Waals surface area contributed by atoms with E-state index in [-0.39, 0.29) is 11.8 Å². The lowest BCUT2D eigenvalue weighted by atomic mass is 10.1. The Kier molecular flexibility index (Phi) is 9.38. The monoisotopic (exact) mass is 449 g/mol. The number of hydrogen-bond donors (Lipinski definition) is 4. The molecule has 1 aliphatic rings. The molecule has 1 aromatic rings. The van der Waals surface area contributed by atoms with Gasteiger partial charge in [-0.15, -0.1) is 0 Å². The van der Waals surface area contributed by atoms with Gasteiger partial charge in [0.15, 0.2) is 5.78 Å². The van der Waals surface area contributed by atoms with Crippen LogP contribution in [0.15, 0.2) is 23.3 Å². The number of nitrogens with zero attached hydrogens (tertiary/aromatic N) is 2. The van der Waals surface area contributed by atoms with Crippen LogP contribution in [0.1, 0.15) is 42.7 Å². The van der Waals surface area contributed by atoms with Crippen molar-refractivity contribution in [2.24, 2.45) is 10.7 Å². The number of nitrogens with one attached hydrogen (secondary N) is 2. The minimum atomic E-state index is -1.67. The van der Waals surface area contributed by atoms with Gasteiger partial charge >= 0.3 is 12.1 Å². The summed E-state index contributed by atoms with van der Waals surface area (Å²) in [5.41, 5.74) is 5.73. The Balaban J connectivity index is 1.94. The number of aliphatic carboxylic acids is 1. The second-order valence-electron chi connectivity index (χ2n) is 7.23. The predicted molar refractivity (Wildman–Crippen MR) is 112 cm³/mol. The van der Waals surface area contributed by atoms with E-state index in [0.717, 1.165) is 0 Å². The first-order valence-electron chi connectivity index (χ1n) is 10.1. The Morgan fingerprint density at radius 2 is 1.97 bits per heavy atom. The van der Waals surface area contributed by atoms with Crippen molar-refractivity contribution in [3.05, 3.63) is 29.6 Å². The van der Waals surface area contributed by atoms with Gasteiger partial charge in [-0.25, -0.2) is 9.59 Å². The number of rotatable bonds is 9. The van der Waals surface area contributed by atoms with Crippen LogP contribution < -0.4 is 16.4 Å². The van der Waals surface area contributed by atoms with E-state index < -0.39 is 42.1 Å². The normalized spacial score (nSPS) is 17.3. The van der Waals surface area contributed by atoms with Crippen LogP contribution in [0.25, 0.3) is 0 Å². The van der Waals surface area contributed by atoms with Crippen LogP contribution in [0.4, 0.5) is 4.79 Å². The highest BCUT2D eigenvalue weighted by atomic mass is 16.6. The van der Waals surface area contributed by atoms with Crippen LogP contribution in [0, 0.1) is 0 Å². The Morgan fingerprint density at radius 1 is 1.28 bits per heavy atom. The first kappa shape index (κ1) is 25.0. The van der Waals surface area contributed by atoms with Gasteiger partial charge in [-0.3, -0.25) is 20.3 Å². The van der Waals surface area contributed by atoms with Gasteiger partial charge < -0.3 is 25.2 Å². The largest absolute Gasteiger partial charge is 0.479 e. The SMILES string of the molecule is CC(N)OC(=O)N=Cc1ccc(C(=O)NC(C)C(=O)C(OC2CCNCC2)C(=O)O)nc1. The number of carboxylic acids is 1. The number of nitrogens with two attached hydrogens (primary N) is 1. The fraction of sp³-hybridized carbons (Fsp3) is 0.500. The fourth-order valence-electron chi connectivity index (χ4n) is 2.87. The Labute approximate surface area is 184 Å². The molecule has 12 nitrogen and oxygen atoms in total. The van der Waals surface area contributed by atoms with Gasteiger partial charge in [-0.2, -0.15) is 4.99 Å². The molecule has 174 valence electrons. The molecule has 12 heteroatoms. The third-order valence-electron chi connectivity index (χ3n) is 4.50. The number of pyridine rings is 1. The van der Waals surface area contributed by atoms with Gasteiger partial charge in [0.05, 0.1) is 12.1 Å². The minimum absolute atomic E-state index is 0.00824. The van der Waals surface area contributed by atoms with Crippen molar-refractivity contribution in [1.82, 2.24) is 15.6 Å². The van der Waals surface area contributed by atoms with Gasteiger partial charge in [-0.05, 0) is 51.9 Å². The summed E-state index contributed by atoms with van der Waals surface area (Å²) in [6.07, 6.45) is 0.0149. The molecule has 2 amide bonds. The van der Waals surface area contributed by atoms with E-state index in [4.69, 9.17) is 10.5 Å². The molecule has 0 aromatic carbocycles. The molecular weight excluding hydrogens is 422 g/mol. The summed E-state index contributed by atoms with van der Waals surface area (Å²) >= 11 is 0. The maximum absolute atomic E-state index is 12.6. The number of carboxylic acid groups (broad SMARTS) is 1. The summed E-state index contributed by atoms with van der Waals surface area (Å²) in [5.74, 6) is -2.84.